The maximum Gasteiger partial charge on any atom is 0.290 e. The zero-order valence-electron chi connectivity index (χ0n) is 16.8. The second kappa shape index (κ2) is 7.24. The topological polar surface area (TPSA) is 93.9 Å². The Hall–Kier alpha value is -3.77. The summed E-state index contributed by atoms with van der Waals surface area (Å²) in [5.41, 5.74) is 2.57. The number of fused-ring (bicyclic) bond motifs is 1. The first-order chi connectivity index (χ1) is 14.4. The van der Waals surface area contributed by atoms with Crippen molar-refractivity contribution in [3.05, 3.63) is 41.2 Å². The average Bonchev–Trinajstić information content (AvgIpc) is 3.46. The highest BCUT2D eigenvalue weighted by atomic mass is 35.5. The number of carbonyl (C=O) groups is 1. The van der Waals surface area contributed by atoms with Gasteiger partial charge in [0.25, 0.3) is 5.91 Å². The first-order valence-electron chi connectivity index (χ1n) is 8.87. The predicted molar refractivity (Wildman–Crippen MR) is 113 cm³/mol. The van der Waals surface area contributed by atoms with Crippen molar-refractivity contribution < 1.29 is 9.53 Å². The van der Waals surface area contributed by atoms with Crippen LogP contribution in [0.2, 0.25) is 5.02 Å². The van der Waals surface area contributed by atoms with Gasteiger partial charge in [-0.15, -0.1) is 6.42 Å². The van der Waals surface area contributed by atoms with Crippen LogP contribution in [0.1, 0.15) is 16.2 Å². The minimum atomic E-state index is -0.286. The lowest BCUT2D eigenvalue weighted by Gasteiger charge is -2.08. The van der Waals surface area contributed by atoms with Crippen molar-refractivity contribution in [2.45, 2.75) is 0 Å². The monoisotopic (exact) mass is 423 g/mol. The molecule has 1 N–H and O–H groups in total. The number of aromatic amines is 1. The molecule has 0 radical (unpaired) electrons. The molecule has 0 atom stereocenters. The molecule has 30 heavy (non-hydrogen) atoms. The third kappa shape index (κ3) is 2.81. The van der Waals surface area contributed by atoms with E-state index < -0.39 is 0 Å². The van der Waals surface area contributed by atoms with Crippen LogP contribution in [0.5, 0.6) is 5.75 Å². The maximum atomic E-state index is 12.3. The summed E-state index contributed by atoms with van der Waals surface area (Å²) in [4.78, 5) is 22.3. The number of H-pyrrole nitrogens is 1. The lowest BCUT2D eigenvalue weighted by atomic mass is 10.1. The number of aromatic nitrogens is 6. The van der Waals surface area contributed by atoms with Crippen molar-refractivity contribution in [1.29, 1.82) is 0 Å². The number of ether oxygens (including phenoxy) is 1. The number of nitrogens with one attached hydrogen (secondary N) is 1. The van der Waals surface area contributed by atoms with E-state index in [-0.39, 0.29) is 11.7 Å². The molecule has 4 rings (SSSR count). The molecular formula is C20H18ClN7O2. The van der Waals surface area contributed by atoms with Gasteiger partial charge in [-0.25, -0.2) is 9.97 Å². The molecule has 10 heteroatoms. The number of rotatable bonds is 4. The molecule has 1 amide bonds. The van der Waals surface area contributed by atoms with Crippen LogP contribution in [-0.4, -0.2) is 61.3 Å². The highest BCUT2D eigenvalue weighted by Gasteiger charge is 2.26. The first-order valence-corrected chi connectivity index (χ1v) is 9.25. The predicted octanol–water partition coefficient (Wildman–Crippen LogP) is 2.49. The molecule has 0 aliphatic rings. The number of aryl methyl sites for hydroxylation is 1. The van der Waals surface area contributed by atoms with E-state index in [0.29, 0.717) is 33.4 Å². The Morgan fingerprint density at radius 2 is 2.17 bits per heavy atom. The van der Waals surface area contributed by atoms with Crippen LogP contribution < -0.4 is 4.74 Å². The number of hydrogen-bond acceptors (Lipinski definition) is 5. The van der Waals surface area contributed by atoms with E-state index in [1.807, 2.05) is 22.2 Å². The van der Waals surface area contributed by atoms with E-state index in [2.05, 4.69) is 26.1 Å². The number of imidazole rings is 1. The zero-order chi connectivity index (χ0) is 21.6. The van der Waals surface area contributed by atoms with E-state index >= 15 is 0 Å². The Balaban J connectivity index is 2.10. The highest BCUT2D eigenvalue weighted by molar-refractivity contribution is 6.34. The van der Waals surface area contributed by atoms with Gasteiger partial charge >= 0.3 is 0 Å². The molecule has 4 aromatic rings. The van der Waals surface area contributed by atoms with E-state index in [0.717, 1.165) is 11.1 Å². The van der Waals surface area contributed by atoms with E-state index in [1.165, 1.54) is 12.0 Å². The molecule has 3 aromatic heterocycles. The van der Waals surface area contributed by atoms with Crippen molar-refractivity contribution in [3.63, 3.8) is 0 Å². The molecule has 0 bridgehead atoms. The van der Waals surface area contributed by atoms with Crippen LogP contribution >= 0.6 is 11.6 Å². The zero-order valence-corrected chi connectivity index (χ0v) is 17.5. The summed E-state index contributed by atoms with van der Waals surface area (Å²) < 4.78 is 9.12. The van der Waals surface area contributed by atoms with Gasteiger partial charge in [0, 0.05) is 38.9 Å². The molecule has 152 valence electrons. The van der Waals surface area contributed by atoms with Crippen LogP contribution in [0.3, 0.4) is 0 Å². The Kier molecular flexibility index (Phi) is 4.72. The number of carbonyl (C=O) groups excluding carboxylic acids is 1. The molecule has 0 fully saturated rings. The Labute approximate surface area is 177 Å². The normalized spacial score (nSPS) is 10.9. The van der Waals surface area contributed by atoms with Gasteiger partial charge < -0.3 is 18.8 Å². The largest absolute Gasteiger partial charge is 0.495 e. The van der Waals surface area contributed by atoms with Crippen LogP contribution in [0.4, 0.5) is 0 Å². The number of terminal acetylenes is 1. The minimum Gasteiger partial charge on any atom is -0.495 e. The van der Waals surface area contributed by atoms with Crippen molar-refractivity contribution in [2.75, 3.05) is 21.2 Å². The first kappa shape index (κ1) is 19.5. The van der Waals surface area contributed by atoms with Gasteiger partial charge in [0.15, 0.2) is 5.82 Å². The van der Waals surface area contributed by atoms with E-state index in [4.69, 9.17) is 22.8 Å². The molecule has 1 aromatic carbocycles. The minimum absolute atomic E-state index is 0.129. The quantitative estimate of drug-likeness (QED) is 0.509. The fraction of sp³-hybridized carbons (Fsp3) is 0.200. The smallest absolute Gasteiger partial charge is 0.290 e. The van der Waals surface area contributed by atoms with Gasteiger partial charge in [-0.3, -0.25) is 9.89 Å². The van der Waals surface area contributed by atoms with Crippen molar-refractivity contribution in [3.8, 4) is 35.3 Å². The second-order valence-corrected chi connectivity index (χ2v) is 7.12. The summed E-state index contributed by atoms with van der Waals surface area (Å²) in [6, 6.07) is 1.82. The summed E-state index contributed by atoms with van der Waals surface area (Å²) in [7, 11) is 6.66. The molecule has 0 spiro atoms. The lowest BCUT2D eigenvalue weighted by Crippen LogP contribution is -2.22. The molecule has 0 unspecified atom stereocenters. The van der Waals surface area contributed by atoms with Gasteiger partial charge in [-0.05, 0) is 6.07 Å². The summed E-state index contributed by atoms with van der Waals surface area (Å²) >= 11 is 6.49. The number of methoxy groups -OCH3 is 1. The van der Waals surface area contributed by atoms with E-state index in [1.54, 1.807) is 32.8 Å². The number of hydrogen-bond donors (Lipinski definition) is 1. The van der Waals surface area contributed by atoms with Gasteiger partial charge in [-0.1, -0.05) is 17.5 Å². The SMILES string of the molecule is C#Cc1c(Cl)c(OC)cc2c(-n3ccnc3)c(-c3n[nH]c(C(=O)N(C)C)n3)n(C)c12. The average molecular weight is 424 g/mol. The Morgan fingerprint density at radius 1 is 1.40 bits per heavy atom. The molecular weight excluding hydrogens is 406 g/mol. The number of halogens is 1. The van der Waals surface area contributed by atoms with Gasteiger partial charge in [-0.2, -0.15) is 5.10 Å². The summed E-state index contributed by atoms with van der Waals surface area (Å²) in [6.07, 6.45) is 10.9. The van der Waals surface area contributed by atoms with Gasteiger partial charge in [0.05, 0.1) is 30.2 Å². The molecule has 0 aliphatic heterocycles. The second-order valence-electron chi connectivity index (χ2n) is 6.74. The van der Waals surface area contributed by atoms with E-state index in [9.17, 15) is 4.79 Å². The van der Waals surface area contributed by atoms with Gasteiger partial charge in [0.1, 0.15) is 16.5 Å². The fourth-order valence-electron chi connectivity index (χ4n) is 3.42. The van der Waals surface area contributed by atoms with Crippen molar-refractivity contribution in [1.82, 2.24) is 34.2 Å². The number of amides is 1. The summed E-state index contributed by atoms with van der Waals surface area (Å²) in [6.45, 7) is 0. The molecule has 0 saturated heterocycles. The third-order valence-corrected chi connectivity index (χ3v) is 5.16. The van der Waals surface area contributed by atoms with Crippen LogP contribution in [-0.2, 0) is 7.05 Å². The lowest BCUT2D eigenvalue weighted by molar-refractivity contribution is 0.0816. The summed E-state index contributed by atoms with van der Waals surface area (Å²) in [5, 5.41) is 8.12. The van der Waals surface area contributed by atoms with Crippen molar-refractivity contribution >= 4 is 28.4 Å². The molecule has 3 heterocycles. The van der Waals surface area contributed by atoms with Crippen LogP contribution in [0.15, 0.2) is 24.8 Å². The molecule has 0 aliphatic carbocycles. The number of benzene rings is 1. The Morgan fingerprint density at radius 3 is 2.77 bits per heavy atom. The standard InChI is InChI=1S/C20H18ClN7O2/c1-6-11-14(21)13(30-5)9-12-15(11)27(4)17(16(12)28-8-7-22-10-28)18-23-19(25-24-18)20(29)26(2)3/h1,7-10H,2-5H3,(H,23,24,25). The van der Waals surface area contributed by atoms with Crippen LogP contribution in [0.25, 0.3) is 28.1 Å². The highest BCUT2D eigenvalue weighted by Crippen LogP contribution is 2.42. The maximum absolute atomic E-state index is 12.3. The third-order valence-electron chi connectivity index (χ3n) is 4.79. The molecule has 9 nitrogen and oxygen atoms in total. The van der Waals surface area contributed by atoms with Gasteiger partial charge in [0.2, 0.25) is 5.82 Å². The van der Waals surface area contributed by atoms with Crippen LogP contribution in [0, 0.1) is 12.3 Å². The molecule has 0 saturated carbocycles. The van der Waals surface area contributed by atoms with Crippen molar-refractivity contribution in [2.24, 2.45) is 7.05 Å². The number of nitrogens with zero attached hydrogens (tertiary/aromatic N) is 6. The summed E-state index contributed by atoms with van der Waals surface area (Å²) in [5.74, 6) is 3.29. The fourth-order valence-corrected chi connectivity index (χ4v) is 3.69. The Bertz CT molecular complexity index is 1310.